The maximum atomic E-state index is 14.1. The van der Waals surface area contributed by atoms with E-state index in [1.54, 1.807) is 53.9 Å². The van der Waals surface area contributed by atoms with Gasteiger partial charge >= 0.3 is 12.1 Å². The van der Waals surface area contributed by atoms with Gasteiger partial charge in [-0.3, -0.25) is 4.79 Å². The minimum Gasteiger partial charge on any atom is -0.463 e. The first-order valence-electron chi connectivity index (χ1n) is 11.7. The van der Waals surface area contributed by atoms with Crippen LogP contribution in [0, 0.1) is 0 Å². The molecule has 12 heteroatoms. The van der Waals surface area contributed by atoms with Crippen LogP contribution in [-0.4, -0.2) is 41.5 Å². The molecule has 8 nitrogen and oxygen atoms in total. The summed E-state index contributed by atoms with van der Waals surface area (Å²) in [6, 6.07) is 12.5. The number of halogens is 3. The minimum atomic E-state index is -4.89. The number of alkyl halides is 3. The lowest BCUT2D eigenvalue weighted by Crippen LogP contribution is -2.40. The zero-order valence-electron chi connectivity index (χ0n) is 20.1. The largest absolute Gasteiger partial charge is 0.463 e. The first-order chi connectivity index (χ1) is 18.3. The summed E-state index contributed by atoms with van der Waals surface area (Å²) in [6.07, 6.45) is -5.03. The molecule has 0 saturated heterocycles. The van der Waals surface area contributed by atoms with Crippen molar-refractivity contribution in [1.29, 1.82) is 0 Å². The summed E-state index contributed by atoms with van der Waals surface area (Å²) < 4.78 is 57.9. The summed E-state index contributed by atoms with van der Waals surface area (Å²) in [4.78, 5) is 31.1. The van der Waals surface area contributed by atoms with Gasteiger partial charge in [-0.25, -0.2) is 9.79 Å². The van der Waals surface area contributed by atoms with Gasteiger partial charge in [0.1, 0.15) is 0 Å². The maximum Gasteiger partial charge on any atom is 0.434 e. The molecule has 1 atom stereocenters. The van der Waals surface area contributed by atoms with E-state index in [4.69, 9.17) is 14.2 Å². The van der Waals surface area contributed by atoms with Crippen LogP contribution in [-0.2, 0) is 20.9 Å². The Balaban J connectivity index is 1.41. The molecule has 2 aromatic carbocycles. The van der Waals surface area contributed by atoms with Crippen LogP contribution in [0.1, 0.15) is 30.5 Å². The third kappa shape index (κ3) is 5.08. The van der Waals surface area contributed by atoms with Crippen LogP contribution in [0.5, 0.6) is 11.5 Å². The molecule has 0 saturated carbocycles. The van der Waals surface area contributed by atoms with Gasteiger partial charge < -0.3 is 24.4 Å². The molecule has 3 aliphatic heterocycles. The van der Waals surface area contributed by atoms with Crippen molar-refractivity contribution >= 4 is 28.8 Å². The highest BCUT2D eigenvalue weighted by atomic mass is 32.2. The Morgan fingerprint density at radius 1 is 1.16 bits per heavy atom. The number of nitrogens with zero attached hydrogens (tertiary/aromatic N) is 2. The Bertz CT molecular complexity index is 1360. The zero-order valence-corrected chi connectivity index (χ0v) is 20.9. The molecule has 198 valence electrons. The van der Waals surface area contributed by atoms with Crippen LogP contribution < -0.4 is 14.8 Å². The van der Waals surface area contributed by atoms with Crippen LogP contribution in [0.15, 0.2) is 75.9 Å². The summed E-state index contributed by atoms with van der Waals surface area (Å²) in [5.74, 6) is -0.253. The maximum absolute atomic E-state index is 14.1. The van der Waals surface area contributed by atoms with E-state index in [1.165, 1.54) is 11.8 Å². The van der Waals surface area contributed by atoms with Crippen molar-refractivity contribution in [2.24, 2.45) is 4.99 Å². The molecule has 5 rings (SSSR count). The van der Waals surface area contributed by atoms with Gasteiger partial charge in [-0.05, 0) is 35.6 Å². The smallest absolute Gasteiger partial charge is 0.434 e. The van der Waals surface area contributed by atoms with Crippen molar-refractivity contribution in [2.45, 2.75) is 32.1 Å². The molecule has 0 bridgehead atoms. The number of esters is 1. The molecule has 1 N–H and O–H groups in total. The number of thioether (sulfide) groups is 1. The molecule has 0 radical (unpaired) electrons. The van der Waals surface area contributed by atoms with E-state index in [-0.39, 0.29) is 37.4 Å². The monoisotopic (exact) mass is 545 g/mol. The predicted molar refractivity (Wildman–Crippen MR) is 133 cm³/mol. The summed E-state index contributed by atoms with van der Waals surface area (Å²) in [7, 11) is 0. The standard InChI is InChI=1S/C26H22F3N3O5S/c1-2-35-24(34)21-22(16-6-4-3-5-7-16)32-17(13-38-25(32)31-23(21)26(27,28)29)11-20(33)30-12-15-8-9-18-19(10-15)37-14-36-18/h3-10,13,22H,2,11-12,14H2,1H3,(H,30,33). The highest BCUT2D eigenvalue weighted by Crippen LogP contribution is 2.48. The van der Waals surface area contributed by atoms with E-state index in [0.717, 1.165) is 17.3 Å². The second-order valence-corrected chi connectivity index (χ2v) is 9.26. The Labute approximate surface area is 220 Å². The number of rotatable bonds is 7. The van der Waals surface area contributed by atoms with E-state index in [1.807, 2.05) is 0 Å². The molecular weight excluding hydrogens is 523 g/mol. The first kappa shape index (κ1) is 25.7. The highest BCUT2D eigenvalue weighted by molar-refractivity contribution is 8.16. The van der Waals surface area contributed by atoms with Crippen molar-refractivity contribution in [3.63, 3.8) is 0 Å². The van der Waals surface area contributed by atoms with E-state index >= 15 is 0 Å². The van der Waals surface area contributed by atoms with E-state index in [9.17, 15) is 22.8 Å². The van der Waals surface area contributed by atoms with Crippen molar-refractivity contribution in [2.75, 3.05) is 13.4 Å². The Morgan fingerprint density at radius 2 is 1.92 bits per heavy atom. The van der Waals surface area contributed by atoms with Crippen LogP contribution in [0.25, 0.3) is 0 Å². The number of benzene rings is 2. The third-order valence-corrected chi connectivity index (χ3v) is 6.85. The van der Waals surface area contributed by atoms with Gasteiger partial charge in [0, 0.05) is 12.2 Å². The second-order valence-electron chi connectivity index (χ2n) is 8.43. The molecular formula is C26H22F3N3O5S. The van der Waals surface area contributed by atoms with Crippen LogP contribution in [0.4, 0.5) is 13.2 Å². The van der Waals surface area contributed by atoms with Gasteiger partial charge in [0.2, 0.25) is 12.7 Å². The molecule has 3 heterocycles. The molecule has 0 spiro atoms. The number of amides is 1. The fraction of sp³-hybridized carbons (Fsp3) is 0.269. The molecule has 3 aliphatic rings. The lowest BCUT2D eigenvalue weighted by molar-refractivity contribution is -0.140. The third-order valence-electron chi connectivity index (χ3n) is 5.96. The summed E-state index contributed by atoms with van der Waals surface area (Å²) in [5, 5.41) is 4.42. The number of amidine groups is 1. The molecule has 1 unspecified atom stereocenters. The molecule has 0 aromatic heterocycles. The number of aliphatic imine (C=N–C) groups is 1. The number of fused-ring (bicyclic) bond motifs is 2. The highest BCUT2D eigenvalue weighted by Gasteiger charge is 2.49. The van der Waals surface area contributed by atoms with Crippen molar-refractivity contribution < 1.29 is 37.0 Å². The second kappa shape index (κ2) is 10.4. The Morgan fingerprint density at radius 3 is 2.66 bits per heavy atom. The quantitative estimate of drug-likeness (QED) is 0.500. The van der Waals surface area contributed by atoms with E-state index in [2.05, 4.69) is 10.3 Å². The van der Waals surface area contributed by atoms with Gasteiger partial charge in [0.25, 0.3) is 0 Å². The normalized spacial score (nSPS) is 18.1. The average molecular weight is 546 g/mol. The zero-order chi connectivity index (χ0) is 26.9. The number of carbonyl (C=O) groups excluding carboxylic acids is 2. The number of hydrogen-bond acceptors (Lipinski definition) is 8. The Hall–Kier alpha value is -3.93. The number of allylic oxidation sites excluding steroid dienone is 1. The predicted octanol–water partition coefficient (Wildman–Crippen LogP) is 4.80. The topological polar surface area (TPSA) is 89.5 Å². The fourth-order valence-electron chi connectivity index (χ4n) is 4.32. The first-order valence-corrected chi connectivity index (χ1v) is 12.6. The number of hydrogen-bond donors (Lipinski definition) is 1. The Kier molecular flexibility index (Phi) is 7.06. The molecule has 1 amide bonds. The molecule has 38 heavy (non-hydrogen) atoms. The fourth-order valence-corrected chi connectivity index (χ4v) is 5.24. The van der Waals surface area contributed by atoms with Crippen LogP contribution in [0.2, 0.25) is 0 Å². The van der Waals surface area contributed by atoms with Gasteiger partial charge in [-0.15, -0.1) is 0 Å². The van der Waals surface area contributed by atoms with Crippen molar-refractivity contribution in [1.82, 2.24) is 10.2 Å². The van der Waals surface area contributed by atoms with Crippen LogP contribution in [0.3, 0.4) is 0 Å². The summed E-state index contributed by atoms with van der Waals surface area (Å²) in [5.41, 5.74) is -0.288. The van der Waals surface area contributed by atoms with E-state index in [0.29, 0.717) is 22.8 Å². The van der Waals surface area contributed by atoms with Gasteiger partial charge in [-0.1, -0.05) is 48.2 Å². The van der Waals surface area contributed by atoms with Crippen molar-refractivity contribution in [3.05, 3.63) is 82.0 Å². The van der Waals surface area contributed by atoms with Crippen molar-refractivity contribution in [3.8, 4) is 11.5 Å². The average Bonchev–Trinajstić information content (AvgIpc) is 3.53. The minimum absolute atomic E-state index is 0.0257. The van der Waals surface area contributed by atoms with Crippen LogP contribution >= 0.6 is 11.8 Å². The van der Waals surface area contributed by atoms with Gasteiger partial charge in [0.05, 0.1) is 24.6 Å². The molecule has 2 aromatic rings. The summed E-state index contributed by atoms with van der Waals surface area (Å²) >= 11 is 0.967. The molecule has 0 aliphatic carbocycles. The number of nitrogens with one attached hydrogen (secondary N) is 1. The molecule has 0 fully saturated rings. The lowest BCUT2D eigenvalue weighted by Gasteiger charge is -2.36. The number of carbonyl (C=O) groups is 2. The number of ether oxygens (including phenoxy) is 3. The lowest BCUT2D eigenvalue weighted by atomic mass is 9.93. The van der Waals surface area contributed by atoms with Gasteiger partial charge in [0.15, 0.2) is 22.4 Å². The summed E-state index contributed by atoms with van der Waals surface area (Å²) in [6.45, 7) is 1.76. The van der Waals surface area contributed by atoms with Gasteiger partial charge in [-0.2, -0.15) is 13.2 Å². The van der Waals surface area contributed by atoms with E-state index < -0.39 is 29.5 Å². The SMILES string of the molecule is CCOC(=O)C1=C(C(F)(F)F)N=C2SC=C(CC(=O)NCc3ccc4c(c3)OCO4)N2C1c1ccccc1.